The molecule has 3 N–H and O–H groups in total. The molecule has 4 heteroatoms. The van der Waals surface area contributed by atoms with Crippen molar-refractivity contribution in [3.05, 3.63) is 0 Å². The van der Waals surface area contributed by atoms with Gasteiger partial charge in [-0.25, -0.2) is 4.79 Å². The molecule has 12 heavy (non-hydrogen) atoms. The molecule has 0 radical (unpaired) electrons. The third-order valence-corrected chi connectivity index (χ3v) is 1.70. The maximum atomic E-state index is 10.4. The van der Waals surface area contributed by atoms with Crippen molar-refractivity contribution < 1.29 is 4.79 Å². The van der Waals surface area contributed by atoms with Gasteiger partial charge in [0.15, 0.2) is 0 Å². The van der Waals surface area contributed by atoms with Crippen molar-refractivity contribution in [2.45, 2.75) is 20.8 Å². The Balaban J connectivity index is 3.78. The summed E-state index contributed by atoms with van der Waals surface area (Å²) in [4.78, 5) is 14.6. The molecule has 0 aliphatic carbocycles. The molecule has 1 atom stereocenters. The zero-order valence-corrected chi connectivity index (χ0v) is 7.92. The Kier molecular flexibility index (Phi) is 5.08. The highest BCUT2D eigenvalue weighted by atomic mass is 16.2. The number of aliphatic imine (C=N–C) groups is 1. The smallest absolute Gasteiger partial charge is 0.312 e. The molecule has 70 valence electrons. The molecule has 0 saturated carbocycles. The van der Waals surface area contributed by atoms with Gasteiger partial charge in [-0.05, 0) is 13.8 Å². The van der Waals surface area contributed by atoms with Gasteiger partial charge in [0, 0.05) is 24.7 Å². The largest absolute Gasteiger partial charge is 0.352 e. The quantitative estimate of drug-likeness (QED) is 0.603. The minimum atomic E-state index is -0.480. The van der Waals surface area contributed by atoms with E-state index in [9.17, 15) is 4.79 Å². The van der Waals surface area contributed by atoms with Crippen molar-refractivity contribution in [2.24, 2.45) is 16.6 Å². The number of hydrogen-bond donors (Lipinski definition) is 2. The monoisotopic (exact) mass is 171 g/mol. The van der Waals surface area contributed by atoms with Crippen LogP contribution in [0.2, 0.25) is 0 Å². The minimum absolute atomic E-state index is 0.262. The maximum Gasteiger partial charge on any atom is 0.312 e. The van der Waals surface area contributed by atoms with Gasteiger partial charge in [-0.2, -0.15) is 0 Å². The van der Waals surface area contributed by atoms with Gasteiger partial charge in [-0.1, -0.05) is 6.92 Å². The van der Waals surface area contributed by atoms with E-state index in [2.05, 4.69) is 10.3 Å². The van der Waals surface area contributed by atoms with Crippen molar-refractivity contribution in [3.63, 3.8) is 0 Å². The summed E-state index contributed by atoms with van der Waals surface area (Å²) >= 11 is 0. The summed E-state index contributed by atoms with van der Waals surface area (Å²) in [7, 11) is 0. The number of nitrogens with zero attached hydrogens (tertiary/aromatic N) is 1. The molecular formula is C8H17N3O. The first-order chi connectivity index (χ1) is 5.57. The van der Waals surface area contributed by atoms with Gasteiger partial charge >= 0.3 is 6.03 Å². The summed E-state index contributed by atoms with van der Waals surface area (Å²) in [5.41, 5.74) is 5.97. The Morgan fingerprint density at radius 2 is 2.25 bits per heavy atom. The van der Waals surface area contributed by atoms with E-state index in [1.165, 1.54) is 0 Å². The van der Waals surface area contributed by atoms with E-state index in [1.54, 1.807) is 0 Å². The van der Waals surface area contributed by atoms with E-state index in [0.29, 0.717) is 6.54 Å². The zero-order chi connectivity index (χ0) is 9.56. The first-order valence-corrected chi connectivity index (χ1v) is 4.12. The lowest BCUT2D eigenvalue weighted by molar-refractivity contribution is 0.248. The molecule has 0 rings (SSSR count). The molecule has 0 aliphatic rings. The van der Waals surface area contributed by atoms with Crippen LogP contribution in [-0.2, 0) is 0 Å². The average molecular weight is 171 g/mol. The van der Waals surface area contributed by atoms with Crippen LogP contribution in [0.1, 0.15) is 20.8 Å². The van der Waals surface area contributed by atoms with Crippen molar-refractivity contribution in [3.8, 4) is 0 Å². The summed E-state index contributed by atoms with van der Waals surface area (Å²) in [5, 5.41) is 2.54. The molecule has 4 nitrogen and oxygen atoms in total. The van der Waals surface area contributed by atoms with E-state index in [0.717, 1.165) is 12.3 Å². The molecule has 0 aromatic carbocycles. The molecule has 0 aliphatic heterocycles. The summed E-state index contributed by atoms with van der Waals surface area (Å²) in [5.74, 6) is 0.262. The Morgan fingerprint density at radius 3 is 2.67 bits per heavy atom. The molecule has 0 spiro atoms. The molecule has 0 bridgehead atoms. The predicted octanol–water partition coefficient (Wildman–Crippen LogP) is 0.772. The standard InChI is InChI=1S/C8H17N3O/c1-4-10-7(3)6(2)5-11-8(9)12/h6H,4-5H2,1-3H3,(H3,9,11,12). The van der Waals surface area contributed by atoms with Crippen molar-refractivity contribution in [2.75, 3.05) is 13.1 Å². The number of amides is 2. The lowest BCUT2D eigenvalue weighted by Crippen LogP contribution is -2.34. The molecule has 0 heterocycles. The Hall–Kier alpha value is -1.06. The van der Waals surface area contributed by atoms with Crippen molar-refractivity contribution >= 4 is 11.7 Å². The van der Waals surface area contributed by atoms with Crippen LogP contribution in [0.3, 0.4) is 0 Å². The molecule has 1 unspecified atom stereocenters. The fourth-order valence-corrected chi connectivity index (χ4v) is 0.807. The van der Waals surface area contributed by atoms with Crippen molar-refractivity contribution in [1.29, 1.82) is 0 Å². The topological polar surface area (TPSA) is 67.5 Å². The van der Waals surface area contributed by atoms with Crippen LogP contribution in [0, 0.1) is 5.92 Å². The summed E-state index contributed by atoms with van der Waals surface area (Å²) in [6.45, 7) is 7.29. The number of carbonyl (C=O) groups excluding carboxylic acids is 1. The lowest BCUT2D eigenvalue weighted by atomic mass is 10.1. The third-order valence-electron chi connectivity index (χ3n) is 1.70. The third kappa shape index (κ3) is 4.71. The first-order valence-electron chi connectivity index (χ1n) is 4.12. The van der Waals surface area contributed by atoms with Crippen LogP contribution in [0.25, 0.3) is 0 Å². The summed E-state index contributed by atoms with van der Waals surface area (Å²) < 4.78 is 0. The van der Waals surface area contributed by atoms with E-state index in [-0.39, 0.29) is 5.92 Å². The van der Waals surface area contributed by atoms with Crippen LogP contribution in [-0.4, -0.2) is 24.8 Å². The van der Waals surface area contributed by atoms with Gasteiger partial charge in [-0.3, -0.25) is 4.99 Å². The predicted molar refractivity (Wildman–Crippen MR) is 50.4 cm³/mol. The van der Waals surface area contributed by atoms with E-state index in [1.807, 2.05) is 20.8 Å². The highest BCUT2D eigenvalue weighted by Gasteiger charge is 2.05. The van der Waals surface area contributed by atoms with Crippen molar-refractivity contribution in [1.82, 2.24) is 5.32 Å². The number of rotatable bonds is 4. The number of primary amides is 1. The van der Waals surface area contributed by atoms with Gasteiger partial charge in [0.1, 0.15) is 0 Å². The number of carbonyl (C=O) groups is 1. The Labute approximate surface area is 73.2 Å². The van der Waals surface area contributed by atoms with Gasteiger partial charge in [-0.15, -0.1) is 0 Å². The second kappa shape index (κ2) is 5.57. The van der Waals surface area contributed by atoms with E-state index >= 15 is 0 Å². The first kappa shape index (κ1) is 10.9. The van der Waals surface area contributed by atoms with Crippen LogP contribution in [0.5, 0.6) is 0 Å². The zero-order valence-electron chi connectivity index (χ0n) is 7.92. The molecule has 2 amide bonds. The summed E-state index contributed by atoms with van der Waals surface area (Å²) in [6, 6.07) is -0.480. The lowest BCUT2D eigenvalue weighted by Gasteiger charge is -2.10. The van der Waals surface area contributed by atoms with Crippen LogP contribution in [0.4, 0.5) is 4.79 Å². The molecular weight excluding hydrogens is 154 g/mol. The van der Waals surface area contributed by atoms with E-state index < -0.39 is 6.03 Å². The Morgan fingerprint density at radius 1 is 1.67 bits per heavy atom. The van der Waals surface area contributed by atoms with Gasteiger partial charge in [0.2, 0.25) is 0 Å². The molecule has 0 fully saturated rings. The van der Waals surface area contributed by atoms with Gasteiger partial charge < -0.3 is 11.1 Å². The number of nitrogens with two attached hydrogens (primary N) is 1. The molecule has 0 aromatic rings. The second-order valence-corrected chi connectivity index (χ2v) is 2.76. The number of urea groups is 1. The van der Waals surface area contributed by atoms with Gasteiger partial charge in [0.05, 0.1) is 0 Å². The minimum Gasteiger partial charge on any atom is -0.352 e. The SMILES string of the molecule is CCN=C(C)C(C)CNC(N)=O. The summed E-state index contributed by atoms with van der Waals surface area (Å²) in [6.07, 6.45) is 0. The molecule has 0 aromatic heterocycles. The molecule has 0 saturated heterocycles. The fraction of sp³-hybridized carbons (Fsp3) is 0.750. The Bertz CT molecular complexity index is 177. The average Bonchev–Trinajstić information content (AvgIpc) is 2.00. The second-order valence-electron chi connectivity index (χ2n) is 2.76. The number of hydrogen-bond acceptors (Lipinski definition) is 2. The van der Waals surface area contributed by atoms with Crippen LogP contribution in [0.15, 0.2) is 4.99 Å². The highest BCUT2D eigenvalue weighted by Crippen LogP contribution is 1.96. The van der Waals surface area contributed by atoms with Gasteiger partial charge in [0.25, 0.3) is 0 Å². The number of nitrogens with one attached hydrogen (secondary N) is 1. The van der Waals surface area contributed by atoms with Crippen LogP contribution >= 0.6 is 0 Å². The van der Waals surface area contributed by atoms with E-state index in [4.69, 9.17) is 5.73 Å². The van der Waals surface area contributed by atoms with Crippen LogP contribution < -0.4 is 11.1 Å². The highest BCUT2D eigenvalue weighted by molar-refractivity contribution is 5.84. The fourth-order valence-electron chi connectivity index (χ4n) is 0.807. The maximum absolute atomic E-state index is 10.4. The normalized spacial score (nSPS) is 14.1.